The number of thioether (sulfide) groups is 1. The fourth-order valence-electron chi connectivity index (χ4n) is 0.893. The first-order valence-corrected chi connectivity index (χ1v) is 5.82. The molecule has 0 aromatic heterocycles. The van der Waals surface area contributed by atoms with Gasteiger partial charge in [-0.3, -0.25) is 0 Å². The summed E-state index contributed by atoms with van der Waals surface area (Å²) in [6.45, 7) is 4.41. The highest BCUT2D eigenvalue weighted by Gasteiger charge is 1.90. The Morgan fingerprint density at radius 3 is 2.64 bits per heavy atom. The van der Waals surface area contributed by atoms with E-state index in [0.717, 1.165) is 17.4 Å². The molecule has 0 spiro atoms. The molecule has 0 heterocycles. The van der Waals surface area contributed by atoms with Gasteiger partial charge in [0.1, 0.15) is 5.75 Å². The molecule has 0 radical (unpaired) electrons. The van der Waals surface area contributed by atoms with Crippen molar-refractivity contribution in [2.24, 2.45) is 5.92 Å². The summed E-state index contributed by atoms with van der Waals surface area (Å²) in [7, 11) is 0. The maximum absolute atomic E-state index is 5.39. The third-order valence-electron chi connectivity index (χ3n) is 1.53. The summed E-state index contributed by atoms with van der Waals surface area (Å²) in [4.78, 5) is 0. The van der Waals surface area contributed by atoms with Gasteiger partial charge in [-0.15, -0.1) is 11.8 Å². The molecule has 14 heavy (non-hydrogen) atoms. The Morgan fingerprint density at radius 2 is 2.00 bits per heavy atom. The highest BCUT2D eigenvalue weighted by molar-refractivity contribution is 8.02. The second kappa shape index (κ2) is 6.55. The first kappa shape index (κ1) is 11.2. The van der Waals surface area contributed by atoms with Crippen LogP contribution < -0.4 is 4.74 Å². The van der Waals surface area contributed by atoms with Crippen molar-refractivity contribution in [1.29, 1.82) is 0 Å². The molecule has 0 aliphatic heterocycles. The number of para-hydroxylation sites is 1. The summed E-state index contributed by atoms with van der Waals surface area (Å²) in [6.07, 6.45) is 1.74. The zero-order valence-corrected chi connectivity index (χ0v) is 9.46. The SMILES string of the molecule is CC(C)CSC=COc1ccccc1. The lowest BCUT2D eigenvalue weighted by Gasteiger charge is -2.00. The fourth-order valence-corrected chi connectivity index (χ4v) is 1.52. The van der Waals surface area contributed by atoms with Crippen LogP contribution in [0.1, 0.15) is 13.8 Å². The average Bonchev–Trinajstić information content (AvgIpc) is 2.18. The first-order chi connectivity index (χ1) is 6.79. The van der Waals surface area contributed by atoms with E-state index in [1.807, 2.05) is 35.7 Å². The van der Waals surface area contributed by atoms with Gasteiger partial charge in [-0.25, -0.2) is 0 Å². The van der Waals surface area contributed by atoms with E-state index in [-0.39, 0.29) is 0 Å². The minimum absolute atomic E-state index is 0.723. The average molecular weight is 208 g/mol. The Balaban J connectivity index is 2.21. The van der Waals surface area contributed by atoms with E-state index in [9.17, 15) is 0 Å². The van der Waals surface area contributed by atoms with Crippen molar-refractivity contribution >= 4 is 11.8 Å². The first-order valence-electron chi connectivity index (χ1n) is 4.77. The van der Waals surface area contributed by atoms with E-state index in [1.165, 1.54) is 0 Å². The number of hydrogen-bond acceptors (Lipinski definition) is 2. The zero-order chi connectivity index (χ0) is 10.2. The van der Waals surface area contributed by atoms with Gasteiger partial charge < -0.3 is 4.74 Å². The lowest BCUT2D eigenvalue weighted by Crippen LogP contribution is -1.88. The number of benzene rings is 1. The van der Waals surface area contributed by atoms with Crippen molar-refractivity contribution in [3.63, 3.8) is 0 Å². The summed E-state index contributed by atoms with van der Waals surface area (Å²) in [6, 6.07) is 9.79. The molecule has 2 heteroatoms. The maximum Gasteiger partial charge on any atom is 0.126 e. The molecular weight excluding hydrogens is 192 g/mol. The fraction of sp³-hybridized carbons (Fsp3) is 0.333. The van der Waals surface area contributed by atoms with Crippen LogP contribution in [0.15, 0.2) is 42.0 Å². The normalized spacial score (nSPS) is 11.1. The zero-order valence-electron chi connectivity index (χ0n) is 8.64. The monoisotopic (exact) mass is 208 g/mol. The topological polar surface area (TPSA) is 9.23 Å². The largest absolute Gasteiger partial charge is 0.464 e. The van der Waals surface area contributed by atoms with Crippen LogP contribution in [0.4, 0.5) is 0 Å². The standard InChI is InChI=1S/C12H16OS/c1-11(2)10-14-9-8-13-12-6-4-3-5-7-12/h3-9,11H,10H2,1-2H3. The van der Waals surface area contributed by atoms with Gasteiger partial charge in [-0.2, -0.15) is 0 Å². The lowest BCUT2D eigenvalue weighted by atomic mass is 10.3. The smallest absolute Gasteiger partial charge is 0.126 e. The molecule has 1 aromatic carbocycles. The van der Waals surface area contributed by atoms with Crippen LogP contribution in [0.3, 0.4) is 0 Å². The molecule has 0 atom stereocenters. The Hall–Kier alpha value is -0.890. The molecule has 1 rings (SSSR count). The molecule has 0 bridgehead atoms. The number of rotatable bonds is 5. The predicted octanol–water partition coefficient (Wildman–Crippen LogP) is 3.93. The number of ether oxygens (including phenoxy) is 1. The highest BCUT2D eigenvalue weighted by Crippen LogP contribution is 2.11. The summed E-state index contributed by atoms with van der Waals surface area (Å²) in [5.74, 6) is 2.74. The van der Waals surface area contributed by atoms with Crippen LogP contribution in [0.5, 0.6) is 5.75 Å². The second-order valence-electron chi connectivity index (χ2n) is 3.43. The van der Waals surface area contributed by atoms with Gasteiger partial charge in [0.25, 0.3) is 0 Å². The van der Waals surface area contributed by atoms with Gasteiger partial charge in [-0.05, 0) is 23.8 Å². The van der Waals surface area contributed by atoms with Gasteiger partial charge in [0, 0.05) is 5.41 Å². The molecule has 0 aliphatic carbocycles. The molecule has 0 saturated heterocycles. The second-order valence-corrected chi connectivity index (χ2v) is 4.37. The van der Waals surface area contributed by atoms with Crippen molar-refractivity contribution < 1.29 is 4.74 Å². The highest BCUT2D eigenvalue weighted by atomic mass is 32.2. The van der Waals surface area contributed by atoms with E-state index >= 15 is 0 Å². The number of hydrogen-bond donors (Lipinski definition) is 0. The summed E-state index contributed by atoms with van der Waals surface area (Å²) >= 11 is 1.78. The van der Waals surface area contributed by atoms with Gasteiger partial charge >= 0.3 is 0 Å². The Labute approximate surface area is 90.2 Å². The van der Waals surface area contributed by atoms with E-state index in [1.54, 1.807) is 18.0 Å². The van der Waals surface area contributed by atoms with Crippen molar-refractivity contribution in [2.75, 3.05) is 5.75 Å². The molecular formula is C12H16OS. The molecule has 1 nitrogen and oxygen atoms in total. The van der Waals surface area contributed by atoms with Crippen molar-refractivity contribution in [3.8, 4) is 5.75 Å². The van der Waals surface area contributed by atoms with E-state index in [2.05, 4.69) is 13.8 Å². The molecule has 0 saturated carbocycles. The Bertz CT molecular complexity index is 267. The molecule has 0 aliphatic rings. The minimum atomic E-state index is 0.723. The van der Waals surface area contributed by atoms with Crippen LogP contribution in [0.25, 0.3) is 0 Å². The van der Waals surface area contributed by atoms with Gasteiger partial charge in [-0.1, -0.05) is 32.0 Å². The molecule has 1 aromatic rings. The van der Waals surface area contributed by atoms with E-state index < -0.39 is 0 Å². The minimum Gasteiger partial charge on any atom is -0.464 e. The third kappa shape index (κ3) is 4.97. The van der Waals surface area contributed by atoms with Crippen molar-refractivity contribution in [1.82, 2.24) is 0 Å². The van der Waals surface area contributed by atoms with Crippen LogP contribution in [-0.4, -0.2) is 5.75 Å². The van der Waals surface area contributed by atoms with Crippen LogP contribution in [-0.2, 0) is 0 Å². The summed E-state index contributed by atoms with van der Waals surface area (Å²) < 4.78 is 5.39. The van der Waals surface area contributed by atoms with Crippen molar-refractivity contribution in [3.05, 3.63) is 42.0 Å². The quantitative estimate of drug-likeness (QED) is 0.678. The van der Waals surface area contributed by atoms with Gasteiger partial charge in [0.15, 0.2) is 0 Å². The van der Waals surface area contributed by atoms with E-state index in [0.29, 0.717) is 0 Å². The van der Waals surface area contributed by atoms with Crippen LogP contribution >= 0.6 is 11.8 Å². The predicted molar refractivity (Wildman–Crippen MR) is 63.5 cm³/mol. The molecule has 0 unspecified atom stereocenters. The van der Waals surface area contributed by atoms with Gasteiger partial charge in [0.2, 0.25) is 0 Å². The van der Waals surface area contributed by atoms with Crippen LogP contribution in [0.2, 0.25) is 0 Å². The summed E-state index contributed by atoms with van der Waals surface area (Å²) in [5.41, 5.74) is 0. The Kier molecular flexibility index (Phi) is 5.23. The molecule has 0 fully saturated rings. The molecule has 0 amide bonds. The molecule has 0 N–H and O–H groups in total. The van der Waals surface area contributed by atoms with Gasteiger partial charge in [0.05, 0.1) is 6.26 Å². The van der Waals surface area contributed by atoms with E-state index in [4.69, 9.17) is 4.74 Å². The summed E-state index contributed by atoms with van der Waals surface area (Å²) in [5, 5.41) is 1.99. The maximum atomic E-state index is 5.39. The third-order valence-corrected chi connectivity index (χ3v) is 2.69. The molecule has 76 valence electrons. The Morgan fingerprint density at radius 1 is 1.29 bits per heavy atom. The lowest BCUT2D eigenvalue weighted by molar-refractivity contribution is 0.482. The van der Waals surface area contributed by atoms with Crippen molar-refractivity contribution in [2.45, 2.75) is 13.8 Å². The van der Waals surface area contributed by atoms with Crippen LogP contribution in [0, 0.1) is 5.92 Å².